The Labute approximate surface area is 318 Å². The van der Waals surface area contributed by atoms with Crippen LogP contribution in [0.2, 0.25) is 0 Å². The van der Waals surface area contributed by atoms with Crippen LogP contribution in [0.4, 0.5) is 0 Å². The zero-order chi connectivity index (χ0) is 37.5. The van der Waals surface area contributed by atoms with E-state index < -0.39 is 28.0 Å². The van der Waals surface area contributed by atoms with Gasteiger partial charge in [0.05, 0.1) is 17.9 Å². The third kappa shape index (κ3) is 40.1. The van der Waals surface area contributed by atoms with Crippen LogP contribution in [0.3, 0.4) is 0 Å². The van der Waals surface area contributed by atoms with Gasteiger partial charge >= 0.3 is 0 Å². The Kier molecular flexibility index (Phi) is 38.1. The van der Waals surface area contributed by atoms with Gasteiger partial charge in [-0.2, -0.15) is 8.42 Å². The van der Waals surface area contributed by atoms with Crippen molar-refractivity contribution in [3.63, 3.8) is 0 Å². The highest BCUT2D eigenvalue weighted by Gasteiger charge is 2.24. The van der Waals surface area contributed by atoms with Crippen LogP contribution in [0.1, 0.15) is 245 Å². The molecule has 7 heteroatoms. The van der Waals surface area contributed by atoms with Gasteiger partial charge in [0.25, 0.3) is 10.1 Å². The number of carbonyl (C=O) groups excluding carboxylic acids is 1. The minimum Gasteiger partial charge on any atom is -0.387 e. The zero-order valence-corrected chi connectivity index (χ0v) is 34.8. The number of hydrogen-bond donors (Lipinski definition) is 3. The van der Waals surface area contributed by atoms with Crippen LogP contribution >= 0.6 is 0 Å². The van der Waals surface area contributed by atoms with E-state index in [0.717, 1.165) is 38.5 Å². The maximum atomic E-state index is 12.5. The summed E-state index contributed by atoms with van der Waals surface area (Å²) in [7, 11) is -4.34. The van der Waals surface area contributed by atoms with Crippen molar-refractivity contribution in [1.82, 2.24) is 5.32 Å². The second-order valence-electron chi connectivity index (χ2n) is 15.7. The van der Waals surface area contributed by atoms with Crippen molar-refractivity contribution >= 4 is 16.0 Å². The first-order valence-corrected chi connectivity index (χ1v) is 24.0. The summed E-state index contributed by atoms with van der Waals surface area (Å²) in [5, 5.41) is 13.3. The second-order valence-corrected chi connectivity index (χ2v) is 17.2. The number of aliphatic hydroxyl groups is 1. The predicted octanol–water partition coefficient (Wildman–Crippen LogP) is 13.4. The Morgan fingerprint density at radius 3 is 1.12 bits per heavy atom. The normalized spacial score (nSPS) is 13.3. The number of amides is 1. The van der Waals surface area contributed by atoms with Crippen molar-refractivity contribution in [3.05, 3.63) is 12.2 Å². The molecule has 0 aliphatic carbocycles. The summed E-state index contributed by atoms with van der Waals surface area (Å²) in [6.45, 7) is 4.54. The average Bonchev–Trinajstić information content (AvgIpc) is 3.09. The van der Waals surface area contributed by atoms with Gasteiger partial charge in [0, 0.05) is 6.42 Å². The van der Waals surface area contributed by atoms with Crippen molar-refractivity contribution in [3.8, 4) is 0 Å². The van der Waals surface area contributed by atoms with Gasteiger partial charge in [0.15, 0.2) is 0 Å². The third-order valence-electron chi connectivity index (χ3n) is 10.5. The molecule has 0 saturated carbocycles. The lowest BCUT2D eigenvalue weighted by atomic mass is 10.0. The van der Waals surface area contributed by atoms with Gasteiger partial charge in [-0.25, -0.2) is 0 Å². The Morgan fingerprint density at radius 2 is 0.804 bits per heavy atom. The first kappa shape index (κ1) is 50.1. The summed E-state index contributed by atoms with van der Waals surface area (Å²) in [6, 6.07) is -1.05. The van der Waals surface area contributed by atoms with Crippen molar-refractivity contribution < 1.29 is 22.9 Å². The van der Waals surface area contributed by atoms with Gasteiger partial charge in [0.2, 0.25) is 5.91 Å². The number of rotatable bonds is 41. The van der Waals surface area contributed by atoms with Crippen LogP contribution in [-0.2, 0) is 14.9 Å². The molecule has 0 aromatic heterocycles. The molecule has 0 heterocycles. The molecule has 0 saturated heterocycles. The molecule has 51 heavy (non-hydrogen) atoms. The number of aliphatic hydroxyl groups excluding tert-OH is 1. The summed E-state index contributed by atoms with van der Waals surface area (Å²) in [5.74, 6) is -0.966. The number of allylic oxidation sites excluding steroid dienone is 1. The van der Waals surface area contributed by atoms with Gasteiger partial charge in [-0.3, -0.25) is 9.35 Å². The van der Waals surface area contributed by atoms with Crippen molar-refractivity contribution in [2.75, 3.05) is 5.75 Å². The van der Waals surface area contributed by atoms with Crippen LogP contribution in [0.5, 0.6) is 0 Å². The van der Waals surface area contributed by atoms with E-state index in [9.17, 15) is 22.9 Å². The SMILES string of the molecule is CCCCCCCCCCCCCCCCCCCCC/C=C/C(O)C(CS(=O)(=O)O)NC(=O)CCCCCCCCCCCCCCCCC. The lowest BCUT2D eigenvalue weighted by Crippen LogP contribution is -2.46. The van der Waals surface area contributed by atoms with Crippen molar-refractivity contribution in [1.29, 1.82) is 0 Å². The summed E-state index contributed by atoms with van der Waals surface area (Å²) in [5.41, 5.74) is 0. The van der Waals surface area contributed by atoms with Gasteiger partial charge in [-0.05, 0) is 19.3 Å². The Hall–Kier alpha value is -0.920. The minimum absolute atomic E-state index is 0.274. The lowest BCUT2D eigenvalue weighted by Gasteiger charge is -2.21. The van der Waals surface area contributed by atoms with Crippen LogP contribution in [0.15, 0.2) is 12.2 Å². The molecule has 2 atom stereocenters. The Balaban J connectivity index is 3.83. The van der Waals surface area contributed by atoms with Crippen LogP contribution in [0, 0.1) is 0 Å². The molecule has 0 spiro atoms. The van der Waals surface area contributed by atoms with E-state index in [2.05, 4.69) is 19.2 Å². The fourth-order valence-electron chi connectivity index (χ4n) is 7.10. The standard InChI is InChI=1S/C44H87NO5S/c1-3-5-7-9-11-13-15-17-19-20-21-22-23-24-26-27-29-31-33-35-37-39-43(46)42(41-51(48,49)50)45-44(47)40-38-36-34-32-30-28-25-18-16-14-12-10-8-6-4-2/h37,39,42-43,46H,3-36,38,40-41H2,1-2H3,(H,45,47)(H,48,49,50)/b39-37+. The molecular weight excluding hydrogens is 655 g/mol. The van der Waals surface area contributed by atoms with E-state index >= 15 is 0 Å². The molecule has 0 radical (unpaired) electrons. The fraction of sp³-hybridized carbons (Fsp3) is 0.932. The van der Waals surface area contributed by atoms with Gasteiger partial charge in [-0.15, -0.1) is 0 Å². The molecule has 0 fully saturated rings. The Bertz CT molecular complexity index is 862. The van der Waals surface area contributed by atoms with E-state index in [-0.39, 0.29) is 5.91 Å². The molecular formula is C44H87NO5S. The van der Waals surface area contributed by atoms with E-state index in [1.54, 1.807) is 6.08 Å². The molecule has 0 rings (SSSR count). The molecule has 0 aliphatic rings. The second kappa shape index (κ2) is 38.8. The molecule has 0 aromatic rings. The molecule has 0 bridgehead atoms. The summed E-state index contributed by atoms with van der Waals surface area (Å²) >= 11 is 0. The number of unbranched alkanes of at least 4 members (excludes halogenated alkanes) is 33. The summed E-state index contributed by atoms with van der Waals surface area (Å²) < 4.78 is 32.5. The summed E-state index contributed by atoms with van der Waals surface area (Å²) in [6.07, 6.45) is 47.7. The van der Waals surface area contributed by atoms with Crippen molar-refractivity contribution in [2.24, 2.45) is 0 Å². The van der Waals surface area contributed by atoms with Gasteiger partial charge in [-0.1, -0.05) is 231 Å². The number of nitrogens with one attached hydrogen (secondary N) is 1. The van der Waals surface area contributed by atoms with Crippen LogP contribution in [0.25, 0.3) is 0 Å². The largest absolute Gasteiger partial charge is 0.387 e. The average molecular weight is 742 g/mol. The number of hydrogen-bond acceptors (Lipinski definition) is 4. The maximum Gasteiger partial charge on any atom is 0.267 e. The number of carbonyl (C=O) groups is 1. The van der Waals surface area contributed by atoms with Crippen LogP contribution < -0.4 is 5.32 Å². The molecule has 6 nitrogen and oxygen atoms in total. The first-order chi connectivity index (χ1) is 24.8. The van der Waals surface area contributed by atoms with E-state index in [1.165, 1.54) is 186 Å². The molecule has 2 unspecified atom stereocenters. The topological polar surface area (TPSA) is 104 Å². The molecule has 0 aromatic carbocycles. The van der Waals surface area contributed by atoms with Crippen molar-refractivity contribution in [2.45, 2.75) is 257 Å². The third-order valence-corrected chi connectivity index (χ3v) is 11.2. The predicted molar refractivity (Wildman–Crippen MR) is 221 cm³/mol. The van der Waals surface area contributed by atoms with E-state index in [1.807, 2.05) is 6.08 Å². The first-order valence-electron chi connectivity index (χ1n) is 22.4. The van der Waals surface area contributed by atoms with Crippen LogP contribution in [-0.4, -0.2) is 41.9 Å². The highest BCUT2D eigenvalue weighted by molar-refractivity contribution is 7.85. The zero-order valence-electron chi connectivity index (χ0n) is 34.0. The summed E-state index contributed by atoms with van der Waals surface area (Å²) in [4.78, 5) is 12.5. The van der Waals surface area contributed by atoms with Gasteiger partial charge < -0.3 is 10.4 Å². The maximum absolute atomic E-state index is 12.5. The van der Waals surface area contributed by atoms with E-state index in [4.69, 9.17) is 0 Å². The lowest BCUT2D eigenvalue weighted by molar-refractivity contribution is -0.122. The smallest absolute Gasteiger partial charge is 0.267 e. The Morgan fingerprint density at radius 1 is 0.510 bits per heavy atom. The fourth-order valence-corrected chi connectivity index (χ4v) is 7.83. The quantitative estimate of drug-likeness (QED) is 0.0329. The highest BCUT2D eigenvalue weighted by atomic mass is 32.2. The van der Waals surface area contributed by atoms with E-state index in [0.29, 0.717) is 6.42 Å². The van der Waals surface area contributed by atoms with Gasteiger partial charge in [0.1, 0.15) is 0 Å². The molecule has 1 amide bonds. The highest BCUT2D eigenvalue weighted by Crippen LogP contribution is 2.16. The molecule has 0 aliphatic heterocycles. The molecule has 3 N–H and O–H groups in total. The minimum atomic E-state index is -4.34. The molecule has 304 valence electrons. The monoisotopic (exact) mass is 742 g/mol.